The van der Waals surface area contributed by atoms with Crippen LogP contribution in [0.2, 0.25) is 0 Å². The van der Waals surface area contributed by atoms with Crippen molar-refractivity contribution in [2.45, 2.75) is 58.2 Å². The number of hydrogen-bond donors (Lipinski definition) is 1. The quantitative estimate of drug-likeness (QED) is 0.643. The van der Waals surface area contributed by atoms with Gasteiger partial charge in [-0.05, 0) is 53.5 Å². The van der Waals surface area contributed by atoms with Gasteiger partial charge in [-0.1, -0.05) is 0 Å². The summed E-state index contributed by atoms with van der Waals surface area (Å²) in [5, 5.41) is 3.53. The van der Waals surface area contributed by atoms with E-state index >= 15 is 0 Å². The summed E-state index contributed by atoms with van der Waals surface area (Å²) < 4.78 is 6.19. The van der Waals surface area contributed by atoms with E-state index in [1.165, 1.54) is 25.8 Å². The largest absolute Gasteiger partial charge is 0.369 e. The molecule has 1 atom stereocenters. The molecule has 0 aromatic heterocycles. The van der Waals surface area contributed by atoms with E-state index in [4.69, 9.17) is 4.74 Å². The van der Waals surface area contributed by atoms with Crippen molar-refractivity contribution >= 4 is 0 Å². The number of rotatable bonds is 0. The SMILES string of the molecule is CC1(C)CC2(CCCNC2)C(C)(C)O1. The first-order chi connectivity index (χ1) is 6.37. The fraction of sp³-hybridized carbons (Fsp3) is 1.00. The average Bonchev–Trinajstić information content (AvgIpc) is 2.18. The Morgan fingerprint density at radius 1 is 1.14 bits per heavy atom. The van der Waals surface area contributed by atoms with Crippen LogP contribution in [0.25, 0.3) is 0 Å². The van der Waals surface area contributed by atoms with Crippen LogP contribution in [0.3, 0.4) is 0 Å². The van der Waals surface area contributed by atoms with E-state index in [0.717, 1.165) is 6.54 Å². The lowest BCUT2D eigenvalue weighted by atomic mass is 9.67. The second-order valence-electron chi connectivity index (χ2n) is 6.11. The molecule has 0 radical (unpaired) electrons. The zero-order valence-electron chi connectivity index (χ0n) is 9.94. The van der Waals surface area contributed by atoms with Gasteiger partial charge in [0.25, 0.3) is 0 Å². The Kier molecular flexibility index (Phi) is 2.20. The average molecular weight is 197 g/mol. The minimum absolute atomic E-state index is 0.0317. The zero-order valence-corrected chi connectivity index (χ0v) is 9.94. The summed E-state index contributed by atoms with van der Waals surface area (Å²) in [6.45, 7) is 11.3. The summed E-state index contributed by atoms with van der Waals surface area (Å²) in [6.07, 6.45) is 3.80. The van der Waals surface area contributed by atoms with Crippen LogP contribution in [0, 0.1) is 5.41 Å². The van der Waals surface area contributed by atoms with Crippen molar-refractivity contribution in [2.75, 3.05) is 13.1 Å². The monoisotopic (exact) mass is 197 g/mol. The fourth-order valence-corrected chi connectivity index (χ4v) is 3.50. The minimum Gasteiger partial charge on any atom is -0.369 e. The Morgan fingerprint density at radius 3 is 2.29 bits per heavy atom. The van der Waals surface area contributed by atoms with Crippen LogP contribution >= 0.6 is 0 Å². The molecule has 2 aliphatic rings. The van der Waals surface area contributed by atoms with Gasteiger partial charge in [-0.3, -0.25) is 0 Å². The molecule has 2 nitrogen and oxygen atoms in total. The van der Waals surface area contributed by atoms with Crippen molar-refractivity contribution in [3.63, 3.8) is 0 Å². The molecule has 2 heterocycles. The van der Waals surface area contributed by atoms with E-state index in [9.17, 15) is 0 Å². The molecule has 2 fully saturated rings. The van der Waals surface area contributed by atoms with Gasteiger partial charge in [0.2, 0.25) is 0 Å². The van der Waals surface area contributed by atoms with E-state index in [-0.39, 0.29) is 11.2 Å². The highest BCUT2D eigenvalue weighted by Gasteiger charge is 2.56. The summed E-state index contributed by atoms with van der Waals surface area (Å²) in [5.74, 6) is 0. The van der Waals surface area contributed by atoms with Crippen molar-refractivity contribution in [3.05, 3.63) is 0 Å². The van der Waals surface area contributed by atoms with Crippen molar-refractivity contribution in [1.82, 2.24) is 5.32 Å². The van der Waals surface area contributed by atoms with Crippen LogP contribution in [0.4, 0.5) is 0 Å². The summed E-state index contributed by atoms with van der Waals surface area (Å²) >= 11 is 0. The van der Waals surface area contributed by atoms with Crippen LogP contribution in [-0.4, -0.2) is 24.3 Å². The van der Waals surface area contributed by atoms with Crippen molar-refractivity contribution in [1.29, 1.82) is 0 Å². The van der Waals surface area contributed by atoms with Crippen molar-refractivity contribution in [2.24, 2.45) is 5.41 Å². The first-order valence-corrected chi connectivity index (χ1v) is 5.78. The molecule has 2 saturated heterocycles. The Hall–Kier alpha value is -0.0800. The number of ether oxygens (including phenoxy) is 1. The Balaban J connectivity index is 2.25. The molecule has 2 rings (SSSR count). The molecule has 0 bridgehead atoms. The smallest absolute Gasteiger partial charge is 0.0702 e. The molecule has 0 amide bonds. The predicted molar refractivity (Wildman–Crippen MR) is 58.4 cm³/mol. The summed E-state index contributed by atoms with van der Waals surface area (Å²) in [5.41, 5.74) is 0.460. The fourth-order valence-electron chi connectivity index (χ4n) is 3.50. The van der Waals surface area contributed by atoms with Gasteiger partial charge in [-0.15, -0.1) is 0 Å². The summed E-state index contributed by atoms with van der Waals surface area (Å²) in [4.78, 5) is 0. The Morgan fingerprint density at radius 2 is 1.86 bits per heavy atom. The van der Waals surface area contributed by atoms with Crippen LogP contribution in [-0.2, 0) is 4.74 Å². The third kappa shape index (κ3) is 1.49. The summed E-state index contributed by atoms with van der Waals surface area (Å²) in [7, 11) is 0. The van der Waals surface area contributed by atoms with E-state index in [2.05, 4.69) is 33.0 Å². The molecular weight excluding hydrogens is 174 g/mol. The third-order valence-electron chi connectivity index (χ3n) is 4.04. The van der Waals surface area contributed by atoms with Crippen molar-refractivity contribution in [3.8, 4) is 0 Å². The van der Waals surface area contributed by atoms with Crippen LogP contribution in [0.1, 0.15) is 47.0 Å². The van der Waals surface area contributed by atoms with E-state index in [0.29, 0.717) is 5.41 Å². The second-order valence-corrected chi connectivity index (χ2v) is 6.11. The topological polar surface area (TPSA) is 21.3 Å². The summed E-state index contributed by atoms with van der Waals surface area (Å²) in [6, 6.07) is 0. The van der Waals surface area contributed by atoms with Crippen LogP contribution in [0.15, 0.2) is 0 Å². The molecule has 1 unspecified atom stereocenters. The maximum absolute atomic E-state index is 6.19. The molecule has 1 N–H and O–H groups in total. The molecule has 0 aliphatic carbocycles. The molecule has 2 heteroatoms. The molecule has 82 valence electrons. The minimum atomic E-state index is 0.0317. The van der Waals surface area contributed by atoms with E-state index in [1.54, 1.807) is 0 Å². The lowest BCUT2D eigenvalue weighted by Gasteiger charge is -2.43. The standard InChI is InChI=1S/C12H23NO/c1-10(2)8-12(11(3,4)14-10)6-5-7-13-9-12/h13H,5-9H2,1-4H3. The lowest BCUT2D eigenvalue weighted by molar-refractivity contribution is -0.0974. The maximum atomic E-state index is 6.19. The molecule has 0 aromatic rings. The molecule has 0 aromatic carbocycles. The number of piperidine rings is 1. The molecular formula is C12H23NO. The van der Waals surface area contributed by atoms with Gasteiger partial charge in [0.1, 0.15) is 0 Å². The van der Waals surface area contributed by atoms with Gasteiger partial charge >= 0.3 is 0 Å². The van der Waals surface area contributed by atoms with Crippen LogP contribution < -0.4 is 5.32 Å². The first kappa shape index (κ1) is 10.4. The van der Waals surface area contributed by atoms with Gasteiger partial charge in [0.15, 0.2) is 0 Å². The normalized spacial score (nSPS) is 40.3. The van der Waals surface area contributed by atoms with Gasteiger partial charge in [0.05, 0.1) is 11.2 Å². The Labute approximate surface area is 87.4 Å². The highest BCUT2D eigenvalue weighted by atomic mass is 16.5. The predicted octanol–water partition coefficient (Wildman–Crippen LogP) is 2.33. The maximum Gasteiger partial charge on any atom is 0.0702 e. The van der Waals surface area contributed by atoms with E-state index in [1.807, 2.05) is 0 Å². The Bertz CT molecular complexity index is 226. The lowest BCUT2D eigenvalue weighted by Crippen LogP contribution is -2.50. The highest BCUT2D eigenvalue weighted by molar-refractivity contribution is 5.07. The molecule has 0 saturated carbocycles. The molecule has 2 aliphatic heterocycles. The molecule has 1 spiro atoms. The third-order valence-corrected chi connectivity index (χ3v) is 4.04. The van der Waals surface area contributed by atoms with Gasteiger partial charge in [-0.2, -0.15) is 0 Å². The second kappa shape index (κ2) is 2.96. The first-order valence-electron chi connectivity index (χ1n) is 5.78. The van der Waals surface area contributed by atoms with Crippen molar-refractivity contribution < 1.29 is 4.74 Å². The number of hydrogen-bond acceptors (Lipinski definition) is 2. The van der Waals surface area contributed by atoms with Gasteiger partial charge in [-0.25, -0.2) is 0 Å². The highest BCUT2D eigenvalue weighted by Crippen LogP contribution is 2.53. The van der Waals surface area contributed by atoms with Crippen LogP contribution in [0.5, 0.6) is 0 Å². The van der Waals surface area contributed by atoms with Gasteiger partial charge in [0, 0.05) is 12.0 Å². The van der Waals surface area contributed by atoms with Gasteiger partial charge < -0.3 is 10.1 Å². The number of nitrogens with one attached hydrogen (secondary N) is 1. The zero-order chi connectivity index (χ0) is 10.4. The molecule has 14 heavy (non-hydrogen) atoms. The van der Waals surface area contributed by atoms with E-state index < -0.39 is 0 Å².